The van der Waals surface area contributed by atoms with Crippen LogP contribution in [0.15, 0.2) is 48.8 Å². The fraction of sp³-hybridized carbons (Fsp3) is 0.484. The molecule has 3 aromatic rings. The Labute approximate surface area is 213 Å². The molecule has 1 heterocycles. The standard InChI is InChI=1S/C31H37F3N2/c1-2-3-4-5-6-7-8-9-22-10-12-23(13-11-22)24-14-16-25(17-15-24)27-20-35-31(36-21-27)26-18-28(32)30(34)29(33)19-26/h14-23H,2-13H2,1H3. The van der Waals surface area contributed by atoms with E-state index >= 15 is 0 Å². The zero-order valence-electron chi connectivity index (χ0n) is 21.3. The minimum absolute atomic E-state index is 0.107. The van der Waals surface area contributed by atoms with Gasteiger partial charge in [0, 0.05) is 23.5 Å². The Morgan fingerprint density at radius 2 is 1.28 bits per heavy atom. The summed E-state index contributed by atoms with van der Waals surface area (Å²) in [5.74, 6) is -2.31. The molecule has 36 heavy (non-hydrogen) atoms. The van der Waals surface area contributed by atoms with Gasteiger partial charge in [-0.2, -0.15) is 0 Å². The molecule has 5 heteroatoms. The van der Waals surface area contributed by atoms with Crippen molar-refractivity contribution in [3.05, 3.63) is 71.8 Å². The second kappa shape index (κ2) is 13.0. The lowest BCUT2D eigenvalue weighted by atomic mass is 9.77. The molecule has 1 aliphatic rings. The highest BCUT2D eigenvalue weighted by atomic mass is 19.2. The topological polar surface area (TPSA) is 25.8 Å². The highest BCUT2D eigenvalue weighted by Gasteiger charge is 2.22. The van der Waals surface area contributed by atoms with Crippen LogP contribution >= 0.6 is 0 Å². The van der Waals surface area contributed by atoms with Crippen molar-refractivity contribution >= 4 is 0 Å². The predicted molar refractivity (Wildman–Crippen MR) is 140 cm³/mol. The van der Waals surface area contributed by atoms with E-state index in [2.05, 4.69) is 41.2 Å². The van der Waals surface area contributed by atoms with Gasteiger partial charge in [0.25, 0.3) is 0 Å². The molecule has 0 radical (unpaired) electrons. The summed E-state index contributed by atoms with van der Waals surface area (Å²) in [5.41, 5.74) is 3.32. The molecule has 1 fully saturated rings. The fourth-order valence-electron chi connectivity index (χ4n) is 5.43. The molecule has 2 aromatic carbocycles. The minimum Gasteiger partial charge on any atom is -0.236 e. The zero-order chi connectivity index (χ0) is 25.3. The van der Waals surface area contributed by atoms with Crippen molar-refractivity contribution in [2.75, 3.05) is 0 Å². The monoisotopic (exact) mass is 494 g/mol. The number of hydrogen-bond acceptors (Lipinski definition) is 2. The second-order valence-electron chi connectivity index (χ2n) is 10.3. The van der Waals surface area contributed by atoms with Crippen molar-refractivity contribution in [3.8, 4) is 22.5 Å². The molecular formula is C31H37F3N2. The van der Waals surface area contributed by atoms with Gasteiger partial charge < -0.3 is 0 Å². The number of benzene rings is 2. The maximum absolute atomic E-state index is 13.5. The van der Waals surface area contributed by atoms with Crippen LogP contribution in [0.2, 0.25) is 0 Å². The van der Waals surface area contributed by atoms with E-state index in [-0.39, 0.29) is 11.4 Å². The third kappa shape index (κ3) is 6.96. The Morgan fingerprint density at radius 1 is 0.694 bits per heavy atom. The highest BCUT2D eigenvalue weighted by molar-refractivity contribution is 5.64. The smallest absolute Gasteiger partial charge is 0.194 e. The van der Waals surface area contributed by atoms with Gasteiger partial charge in [-0.15, -0.1) is 0 Å². The van der Waals surface area contributed by atoms with E-state index in [0.717, 1.165) is 29.2 Å². The van der Waals surface area contributed by atoms with Gasteiger partial charge in [-0.1, -0.05) is 82.6 Å². The maximum Gasteiger partial charge on any atom is 0.194 e. The SMILES string of the molecule is CCCCCCCCCC1CCC(c2ccc(-c3cnc(-c4cc(F)c(F)c(F)c4)nc3)cc2)CC1. The summed E-state index contributed by atoms with van der Waals surface area (Å²) in [7, 11) is 0. The van der Waals surface area contributed by atoms with Gasteiger partial charge >= 0.3 is 0 Å². The molecule has 0 spiro atoms. The Bertz CT molecular complexity index is 1060. The van der Waals surface area contributed by atoms with Crippen LogP contribution in [0.5, 0.6) is 0 Å². The quantitative estimate of drug-likeness (QED) is 0.196. The summed E-state index contributed by atoms with van der Waals surface area (Å²) < 4.78 is 40.3. The van der Waals surface area contributed by atoms with E-state index < -0.39 is 17.5 Å². The fourth-order valence-corrected chi connectivity index (χ4v) is 5.43. The molecule has 0 saturated heterocycles. The number of nitrogens with zero attached hydrogens (tertiary/aromatic N) is 2. The summed E-state index contributed by atoms with van der Waals surface area (Å²) in [6.07, 6.45) is 19.6. The van der Waals surface area contributed by atoms with Gasteiger partial charge in [-0.25, -0.2) is 23.1 Å². The van der Waals surface area contributed by atoms with Crippen LogP contribution in [0, 0.1) is 23.4 Å². The Morgan fingerprint density at radius 3 is 1.89 bits per heavy atom. The Balaban J connectivity index is 1.26. The molecule has 0 aliphatic heterocycles. The van der Waals surface area contributed by atoms with Crippen LogP contribution in [0.1, 0.15) is 95.5 Å². The largest absolute Gasteiger partial charge is 0.236 e. The molecule has 0 atom stereocenters. The van der Waals surface area contributed by atoms with Crippen molar-refractivity contribution in [1.82, 2.24) is 9.97 Å². The number of rotatable bonds is 11. The van der Waals surface area contributed by atoms with Crippen LogP contribution in [-0.4, -0.2) is 9.97 Å². The van der Waals surface area contributed by atoms with Gasteiger partial charge in [0.2, 0.25) is 0 Å². The first-order valence-corrected chi connectivity index (χ1v) is 13.6. The average molecular weight is 495 g/mol. The van der Waals surface area contributed by atoms with Gasteiger partial charge in [0.05, 0.1) is 0 Å². The van der Waals surface area contributed by atoms with Gasteiger partial charge in [0.1, 0.15) is 0 Å². The Kier molecular flexibility index (Phi) is 9.54. The van der Waals surface area contributed by atoms with Crippen molar-refractivity contribution in [2.45, 2.75) is 89.9 Å². The molecule has 4 rings (SSSR count). The normalized spacial score (nSPS) is 17.9. The predicted octanol–water partition coefficient (Wildman–Crippen LogP) is 9.64. The van der Waals surface area contributed by atoms with Crippen LogP contribution < -0.4 is 0 Å². The first-order valence-electron chi connectivity index (χ1n) is 13.6. The number of halogens is 3. The average Bonchev–Trinajstić information content (AvgIpc) is 2.91. The minimum atomic E-state index is -1.49. The number of unbranched alkanes of at least 4 members (excludes halogenated alkanes) is 6. The summed E-state index contributed by atoms with van der Waals surface area (Å²) in [5, 5.41) is 0. The van der Waals surface area contributed by atoms with E-state index in [9.17, 15) is 13.2 Å². The van der Waals surface area contributed by atoms with Crippen LogP contribution in [0.25, 0.3) is 22.5 Å². The van der Waals surface area contributed by atoms with Gasteiger partial charge in [-0.3, -0.25) is 0 Å². The number of hydrogen-bond donors (Lipinski definition) is 0. The third-order valence-corrected chi connectivity index (χ3v) is 7.67. The van der Waals surface area contributed by atoms with Crippen molar-refractivity contribution < 1.29 is 13.2 Å². The molecule has 1 saturated carbocycles. The molecule has 192 valence electrons. The zero-order valence-corrected chi connectivity index (χ0v) is 21.3. The lowest BCUT2D eigenvalue weighted by Crippen LogP contribution is -2.13. The van der Waals surface area contributed by atoms with E-state index in [1.165, 1.54) is 82.6 Å². The van der Waals surface area contributed by atoms with Crippen LogP contribution in [0.3, 0.4) is 0 Å². The maximum atomic E-state index is 13.5. The second-order valence-corrected chi connectivity index (χ2v) is 10.3. The molecule has 1 aliphatic carbocycles. The number of aromatic nitrogens is 2. The summed E-state index contributed by atoms with van der Waals surface area (Å²) in [4.78, 5) is 8.48. The van der Waals surface area contributed by atoms with E-state index in [1.54, 1.807) is 12.4 Å². The Hall–Kier alpha value is -2.69. The lowest BCUT2D eigenvalue weighted by molar-refractivity contribution is 0.302. The van der Waals surface area contributed by atoms with Crippen molar-refractivity contribution in [3.63, 3.8) is 0 Å². The van der Waals surface area contributed by atoms with Crippen LogP contribution in [-0.2, 0) is 0 Å². The van der Waals surface area contributed by atoms with Gasteiger partial charge in [0.15, 0.2) is 23.3 Å². The highest BCUT2D eigenvalue weighted by Crippen LogP contribution is 2.38. The molecule has 2 nitrogen and oxygen atoms in total. The molecule has 0 amide bonds. The third-order valence-electron chi connectivity index (χ3n) is 7.67. The van der Waals surface area contributed by atoms with Crippen molar-refractivity contribution in [2.24, 2.45) is 5.92 Å². The van der Waals surface area contributed by atoms with Crippen LogP contribution in [0.4, 0.5) is 13.2 Å². The molecule has 0 N–H and O–H groups in total. The van der Waals surface area contributed by atoms with E-state index in [0.29, 0.717) is 5.92 Å². The summed E-state index contributed by atoms with van der Waals surface area (Å²) in [6.45, 7) is 2.27. The molecule has 0 unspecified atom stereocenters. The lowest BCUT2D eigenvalue weighted by Gasteiger charge is -2.29. The molecule has 1 aromatic heterocycles. The summed E-state index contributed by atoms with van der Waals surface area (Å²) >= 11 is 0. The van der Waals surface area contributed by atoms with E-state index in [4.69, 9.17) is 0 Å². The summed E-state index contributed by atoms with van der Waals surface area (Å²) in [6, 6.07) is 10.4. The van der Waals surface area contributed by atoms with Crippen molar-refractivity contribution in [1.29, 1.82) is 0 Å². The first-order chi connectivity index (χ1) is 17.5. The van der Waals surface area contributed by atoms with E-state index in [1.807, 2.05) is 0 Å². The molecule has 0 bridgehead atoms. The first kappa shape index (κ1) is 26.4. The molecular weight excluding hydrogens is 457 g/mol. The van der Waals surface area contributed by atoms with Gasteiger partial charge in [-0.05, 0) is 60.8 Å².